The maximum Gasteiger partial charge on any atom is 0.461 e. The van der Waals surface area contributed by atoms with Crippen LogP contribution in [0.5, 0.6) is 5.75 Å². The normalized spacial score (nSPS) is 16.0. The number of hydrogen-bond acceptors (Lipinski definition) is 5. The lowest BCUT2D eigenvalue weighted by molar-refractivity contribution is -0.0323. The predicted octanol–water partition coefficient (Wildman–Crippen LogP) is 5.52. The molecule has 0 unspecified atom stereocenters. The van der Waals surface area contributed by atoms with Crippen LogP contribution in [0.3, 0.4) is 0 Å². The highest BCUT2D eigenvalue weighted by Gasteiger charge is 2.29. The lowest BCUT2D eigenvalue weighted by atomic mass is 9.91. The van der Waals surface area contributed by atoms with Gasteiger partial charge in [0, 0.05) is 30.1 Å². The van der Waals surface area contributed by atoms with Crippen LogP contribution in [0.1, 0.15) is 11.3 Å². The van der Waals surface area contributed by atoms with Crippen molar-refractivity contribution in [2.24, 2.45) is 5.92 Å². The van der Waals surface area contributed by atoms with Gasteiger partial charge in [-0.2, -0.15) is 13.2 Å². The lowest BCUT2D eigenvalue weighted by Crippen LogP contribution is -2.23. The summed E-state index contributed by atoms with van der Waals surface area (Å²) in [5, 5.41) is 0. The van der Waals surface area contributed by atoms with Gasteiger partial charge in [0.2, 0.25) is 0 Å². The van der Waals surface area contributed by atoms with E-state index in [1.165, 1.54) is 0 Å². The zero-order valence-corrected chi connectivity index (χ0v) is 16.1. The van der Waals surface area contributed by atoms with Crippen molar-refractivity contribution in [2.75, 3.05) is 11.3 Å². The van der Waals surface area contributed by atoms with Gasteiger partial charge in [-0.15, -0.1) is 0 Å². The van der Waals surface area contributed by atoms with Crippen molar-refractivity contribution in [1.29, 1.82) is 0 Å². The first-order valence-electron chi connectivity index (χ1n) is 9.09. The average Bonchev–Trinajstić information content (AvgIpc) is 2.72. The Labute approximate surface area is 170 Å². The Bertz CT molecular complexity index is 982. The third-order valence-electron chi connectivity index (χ3n) is 4.68. The van der Waals surface area contributed by atoms with E-state index in [1.54, 1.807) is 42.9 Å². The molecule has 4 rings (SSSR count). The van der Waals surface area contributed by atoms with Crippen LogP contribution in [0.25, 0.3) is 11.1 Å². The molecule has 0 amide bonds. The number of rotatable bonds is 5. The molecule has 1 N–H and O–H groups in total. The summed E-state index contributed by atoms with van der Waals surface area (Å²) in [6.07, 6.45) is 6.74. The Hall–Kier alpha value is -2.74. The quantitative estimate of drug-likeness (QED) is 0.554. The summed E-state index contributed by atoms with van der Waals surface area (Å²) in [5.74, 6) is 1.08. The monoisotopic (exact) mass is 417 g/mol. The van der Waals surface area contributed by atoms with Crippen LogP contribution in [0.2, 0.25) is 0 Å². The van der Waals surface area contributed by atoms with Gasteiger partial charge in [0.05, 0.1) is 29.9 Å². The SMILES string of the molecule is FC(F)(F)SNc1ccccc1-c1ccc2c(c1)OC[C@H](Cc1cnccn1)C2. The number of para-hydroxylation sites is 1. The molecule has 0 aliphatic carbocycles. The van der Waals surface area contributed by atoms with Crippen LogP contribution >= 0.6 is 11.9 Å². The van der Waals surface area contributed by atoms with E-state index in [9.17, 15) is 13.2 Å². The highest BCUT2D eigenvalue weighted by atomic mass is 32.2. The molecule has 0 bridgehead atoms. The first-order chi connectivity index (χ1) is 14.0. The minimum Gasteiger partial charge on any atom is -0.493 e. The van der Waals surface area contributed by atoms with E-state index in [1.807, 2.05) is 18.2 Å². The van der Waals surface area contributed by atoms with Crippen LogP contribution in [0, 0.1) is 5.92 Å². The van der Waals surface area contributed by atoms with Crippen molar-refractivity contribution in [2.45, 2.75) is 18.3 Å². The van der Waals surface area contributed by atoms with Crippen molar-refractivity contribution >= 4 is 17.6 Å². The Morgan fingerprint density at radius 2 is 2.00 bits per heavy atom. The molecule has 1 aliphatic rings. The minimum atomic E-state index is -4.36. The molecule has 1 aliphatic heterocycles. The van der Waals surface area contributed by atoms with E-state index >= 15 is 0 Å². The zero-order chi connectivity index (χ0) is 20.3. The van der Waals surface area contributed by atoms with Gasteiger partial charge in [-0.05, 0) is 36.1 Å². The fourth-order valence-electron chi connectivity index (χ4n) is 3.40. The van der Waals surface area contributed by atoms with E-state index in [0.29, 0.717) is 23.8 Å². The Morgan fingerprint density at radius 3 is 2.79 bits per heavy atom. The average molecular weight is 417 g/mol. The second-order valence-corrected chi connectivity index (χ2v) is 7.67. The van der Waals surface area contributed by atoms with E-state index in [2.05, 4.69) is 14.7 Å². The second kappa shape index (κ2) is 8.32. The molecular formula is C21H18F3N3OS. The summed E-state index contributed by atoms with van der Waals surface area (Å²) in [5.41, 5.74) is -0.428. The van der Waals surface area contributed by atoms with E-state index in [-0.39, 0.29) is 11.9 Å². The van der Waals surface area contributed by atoms with Gasteiger partial charge >= 0.3 is 5.51 Å². The van der Waals surface area contributed by atoms with Crippen molar-refractivity contribution in [3.63, 3.8) is 0 Å². The molecule has 0 saturated carbocycles. The summed E-state index contributed by atoms with van der Waals surface area (Å²) in [4.78, 5) is 8.42. The topological polar surface area (TPSA) is 47.0 Å². The number of nitrogens with zero attached hydrogens (tertiary/aromatic N) is 2. The molecule has 0 saturated heterocycles. The molecule has 150 valence electrons. The Morgan fingerprint density at radius 1 is 1.14 bits per heavy atom. The molecule has 8 heteroatoms. The maximum atomic E-state index is 12.6. The van der Waals surface area contributed by atoms with Gasteiger partial charge in [0.25, 0.3) is 0 Å². The van der Waals surface area contributed by atoms with Crippen LogP contribution in [-0.4, -0.2) is 22.1 Å². The summed E-state index contributed by atoms with van der Waals surface area (Å²) < 4.78 is 46.1. The van der Waals surface area contributed by atoms with E-state index < -0.39 is 5.51 Å². The molecule has 2 aromatic carbocycles. The molecular weight excluding hydrogens is 399 g/mol. The van der Waals surface area contributed by atoms with Gasteiger partial charge in [-0.1, -0.05) is 30.3 Å². The number of halogens is 3. The number of ether oxygens (including phenoxy) is 1. The minimum absolute atomic E-state index is 0.267. The molecule has 3 aromatic rings. The zero-order valence-electron chi connectivity index (χ0n) is 15.3. The lowest BCUT2D eigenvalue weighted by Gasteiger charge is -2.26. The maximum absolute atomic E-state index is 12.6. The number of alkyl halides is 3. The number of nitrogens with one attached hydrogen (secondary N) is 1. The van der Waals surface area contributed by atoms with Crippen LogP contribution < -0.4 is 9.46 Å². The highest BCUT2D eigenvalue weighted by Crippen LogP contribution is 2.38. The largest absolute Gasteiger partial charge is 0.493 e. The Kier molecular flexibility index (Phi) is 5.62. The Balaban J connectivity index is 1.51. The molecule has 1 atom stereocenters. The van der Waals surface area contributed by atoms with E-state index in [0.717, 1.165) is 35.4 Å². The summed E-state index contributed by atoms with van der Waals surface area (Å²) in [6, 6.07) is 12.7. The van der Waals surface area contributed by atoms with Gasteiger partial charge in [-0.3, -0.25) is 9.97 Å². The second-order valence-electron chi connectivity index (χ2n) is 6.80. The first kappa shape index (κ1) is 19.6. The predicted molar refractivity (Wildman–Crippen MR) is 108 cm³/mol. The van der Waals surface area contributed by atoms with Gasteiger partial charge in [0.1, 0.15) is 5.75 Å². The number of fused-ring (bicyclic) bond motifs is 1. The third-order valence-corrected chi connectivity index (χ3v) is 5.23. The standard InChI is InChI=1S/C21H18F3N3OS/c22-21(23,24)29-27-19-4-2-1-3-18(19)15-5-6-16-9-14(13-28-20(16)11-15)10-17-12-25-7-8-26-17/h1-8,11-12,14,27H,9-10,13H2/t14-/m0/s1. The molecule has 0 radical (unpaired) electrons. The number of anilines is 1. The summed E-state index contributed by atoms with van der Waals surface area (Å²) in [6.45, 7) is 0.566. The molecule has 0 fully saturated rings. The number of aromatic nitrogens is 2. The molecule has 2 heterocycles. The third kappa shape index (κ3) is 5.00. The van der Waals surface area contributed by atoms with Gasteiger partial charge < -0.3 is 9.46 Å². The molecule has 1 aromatic heterocycles. The summed E-state index contributed by atoms with van der Waals surface area (Å²) >= 11 is -0.267. The smallest absolute Gasteiger partial charge is 0.461 e. The van der Waals surface area contributed by atoms with Gasteiger partial charge in [0.15, 0.2) is 0 Å². The van der Waals surface area contributed by atoms with Crippen molar-refractivity contribution in [3.05, 3.63) is 72.3 Å². The first-order valence-corrected chi connectivity index (χ1v) is 9.90. The van der Waals surface area contributed by atoms with Crippen LogP contribution in [0.15, 0.2) is 61.1 Å². The summed E-state index contributed by atoms with van der Waals surface area (Å²) in [7, 11) is 0. The van der Waals surface area contributed by atoms with Gasteiger partial charge in [-0.25, -0.2) is 0 Å². The van der Waals surface area contributed by atoms with Crippen molar-refractivity contribution in [1.82, 2.24) is 9.97 Å². The molecule has 4 nitrogen and oxygen atoms in total. The molecule has 29 heavy (non-hydrogen) atoms. The van der Waals surface area contributed by atoms with Crippen LogP contribution in [-0.2, 0) is 12.8 Å². The fraction of sp³-hybridized carbons (Fsp3) is 0.238. The van der Waals surface area contributed by atoms with Crippen molar-refractivity contribution in [3.8, 4) is 16.9 Å². The number of hydrogen-bond donors (Lipinski definition) is 1. The molecule has 0 spiro atoms. The van der Waals surface area contributed by atoms with Crippen LogP contribution in [0.4, 0.5) is 18.9 Å². The van der Waals surface area contributed by atoms with E-state index in [4.69, 9.17) is 4.74 Å². The fourth-order valence-corrected chi connectivity index (χ4v) is 3.81. The highest BCUT2D eigenvalue weighted by molar-refractivity contribution is 8.01. The number of benzene rings is 2. The van der Waals surface area contributed by atoms with Crippen molar-refractivity contribution < 1.29 is 17.9 Å².